The molecule has 0 spiro atoms. The summed E-state index contributed by atoms with van der Waals surface area (Å²) in [6.07, 6.45) is 3.93. The van der Waals surface area contributed by atoms with Gasteiger partial charge in [-0.1, -0.05) is 60.7 Å². The average molecular weight is 763 g/mol. The Morgan fingerprint density at radius 3 is 1.64 bits per heavy atom. The van der Waals surface area contributed by atoms with E-state index >= 15 is 0 Å². The first-order valence-electron chi connectivity index (χ1n) is 18.1. The van der Waals surface area contributed by atoms with Crippen molar-refractivity contribution in [1.29, 1.82) is 0 Å². The number of carbonyl (C=O) groups excluding carboxylic acids is 5. The minimum absolute atomic E-state index is 0.169. The molecular formula is C40H50N4O11. The summed E-state index contributed by atoms with van der Waals surface area (Å²) in [5, 5.41) is 11.0. The van der Waals surface area contributed by atoms with Gasteiger partial charge in [0.2, 0.25) is 5.91 Å². The topological polar surface area (TPSA) is 181 Å². The predicted octanol–water partition coefficient (Wildman–Crippen LogP) is 4.33. The first-order valence-corrected chi connectivity index (χ1v) is 18.1. The Kier molecular flexibility index (Phi) is 15.8. The zero-order valence-electron chi connectivity index (χ0n) is 31.4. The molecule has 4 aliphatic rings. The summed E-state index contributed by atoms with van der Waals surface area (Å²) in [6.45, 7) is 9.82. The summed E-state index contributed by atoms with van der Waals surface area (Å²) in [7, 11) is 2.64. The third kappa shape index (κ3) is 11.9. The van der Waals surface area contributed by atoms with Gasteiger partial charge in [0.15, 0.2) is 0 Å². The van der Waals surface area contributed by atoms with Crippen LogP contribution < -0.4 is 5.32 Å². The molecule has 0 aliphatic carbocycles. The van der Waals surface area contributed by atoms with E-state index in [0.717, 1.165) is 22.3 Å². The number of esters is 2. The van der Waals surface area contributed by atoms with Crippen molar-refractivity contribution in [3.63, 3.8) is 0 Å². The van der Waals surface area contributed by atoms with E-state index in [2.05, 4.69) is 23.2 Å². The van der Waals surface area contributed by atoms with Gasteiger partial charge < -0.3 is 34.3 Å². The highest BCUT2D eigenvalue weighted by molar-refractivity contribution is 5.85. The van der Waals surface area contributed by atoms with Crippen LogP contribution in [0.15, 0.2) is 73.8 Å². The van der Waals surface area contributed by atoms with E-state index in [1.54, 1.807) is 22.0 Å². The number of carbonyl (C=O) groups is 6. The molecule has 2 N–H and O–H groups in total. The molecule has 3 amide bonds. The molecule has 55 heavy (non-hydrogen) atoms. The minimum Gasteiger partial charge on any atom is -0.481 e. The van der Waals surface area contributed by atoms with Crippen LogP contribution in [-0.4, -0.2) is 107 Å². The molecule has 0 saturated carbocycles. The largest absolute Gasteiger partial charge is 0.481 e. The summed E-state index contributed by atoms with van der Waals surface area (Å²) in [5.41, 5.74) is 4.53. The van der Waals surface area contributed by atoms with Crippen LogP contribution in [0.3, 0.4) is 0 Å². The van der Waals surface area contributed by atoms with E-state index in [0.29, 0.717) is 52.0 Å². The van der Waals surface area contributed by atoms with Crippen LogP contribution >= 0.6 is 0 Å². The standard InChI is InChI=1S/C20H24N2O5.C15H18N2O4.C5H8O2/c1-3-4-9-18(23)22-13-16(10-17(22)19(24)26-2)27-20(25)21-11-14-7-5-6-8-15(14)12-21;1-20-14(18)13-6-12(7-16-13)21-15(19)17-8-10-4-2-3-5-11(10)9-17;1-2-3-4-5(6)7/h3,5-8,16-17H,1,4,9-13H2,2H3;2-5,12-13,16H,6-9H2,1H3;2H,1,3-4H2,(H,6,7)/t16-,17+;12-,13?;/m11./s1. The van der Waals surface area contributed by atoms with E-state index in [9.17, 15) is 28.8 Å². The average Bonchev–Trinajstić information content (AvgIpc) is 4.01. The minimum atomic E-state index is -0.764. The molecule has 4 atom stereocenters. The number of nitrogens with zero attached hydrogens (tertiary/aromatic N) is 3. The van der Waals surface area contributed by atoms with Crippen molar-refractivity contribution in [1.82, 2.24) is 20.0 Å². The summed E-state index contributed by atoms with van der Waals surface area (Å²) in [4.78, 5) is 75.0. The number of rotatable bonds is 10. The van der Waals surface area contributed by atoms with Gasteiger partial charge in [0.1, 0.15) is 24.3 Å². The number of methoxy groups -OCH3 is 2. The SMILES string of the molecule is C=CCCC(=O)N1C[C@H](OC(=O)N2Cc3ccccc3C2)C[C@H]1C(=O)OC.C=CCCC(=O)O.COC(=O)C1C[C@@H](OC(=O)N2Cc3ccccc3C2)CN1. The molecule has 4 aliphatic heterocycles. The lowest BCUT2D eigenvalue weighted by atomic mass is 10.1. The molecule has 15 nitrogen and oxygen atoms in total. The maximum atomic E-state index is 12.5. The highest BCUT2D eigenvalue weighted by Gasteiger charge is 2.42. The number of carboxylic acids is 1. The Balaban J connectivity index is 0.000000213. The van der Waals surface area contributed by atoms with Crippen LogP contribution in [0.4, 0.5) is 9.59 Å². The number of aliphatic carboxylic acids is 1. The van der Waals surface area contributed by atoms with E-state index in [-0.39, 0.29) is 55.9 Å². The van der Waals surface area contributed by atoms with E-state index < -0.39 is 30.2 Å². The Morgan fingerprint density at radius 1 is 0.727 bits per heavy atom. The lowest BCUT2D eigenvalue weighted by molar-refractivity contribution is -0.150. The molecule has 0 radical (unpaired) electrons. The van der Waals surface area contributed by atoms with Gasteiger partial charge in [0.05, 0.1) is 20.8 Å². The number of likely N-dealkylation sites (tertiary alicyclic amines) is 1. The zero-order chi connectivity index (χ0) is 39.9. The van der Waals surface area contributed by atoms with Gasteiger partial charge in [-0.3, -0.25) is 24.2 Å². The Morgan fingerprint density at radius 2 is 1.20 bits per heavy atom. The van der Waals surface area contributed by atoms with E-state index in [4.69, 9.17) is 19.3 Å². The number of hydrogen-bond acceptors (Lipinski definition) is 11. The molecular weight excluding hydrogens is 712 g/mol. The van der Waals surface area contributed by atoms with Crippen molar-refractivity contribution in [2.75, 3.05) is 27.3 Å². The number of carboxylic acid groups (broad SMARTS) is 1. The number of allylic oxidation sites excluding steroid dienone is 2. The second-order valence-corrected chi connectivity index (χ2v) is 13.3. The predicted molar refractivity (Wildman–Crippen MR) is 199 cm³/mol. The molecule has 15 heteroatoms. The van der Waals surface area contributed by atoms with Gasteiger partial charge in [-0.2, -0.15) is 0 Å². The summed E-state index contributed by atoms with van der Waals surface area (Å²) in [5.74, 6) is -1.74. The molecule has 1 unspecified atom stereocenters. The van der Waals surface area contributed by atoms with E-state index in [1.807, 2.05) is 48.5 Å². The quantitative estimate of drug-likeness (QED) is 0.199. The third-order valence-corrected chi connectivity index (χ3v) is 9.49. The summed E-state index contributed by atoms with van der Waals surface area (Å²) in [6, 6.07) is 14.7. The lowest BCUT2D eigenvalue weighted by Crippen LogP contribution is -2.41. The fourth-order valence-electron chi connectivity index (χ4n) is 6.59. The fourth-order valence-corrected chi connectivity index (χ4v) is 6.59. The summed E-state index contributed by atoms with van der Waals surface area (Å²) >= 11 is 0. The van der Waals surface area contributed by atoms with Crippen LogP contribution in [0.1, 0.15) is 60.8 Å². The molecule has 296 valence electrons. The van der Waals surface area contributed by atoms with Crippen LogP contribution in [0.25, 0.3) is 0 Å². The first-order chi connectivity index (χ1) is 26.5. The number of amides is 3. The van der Waals surface area contributed by atoms with Gasteiger partial charge in [-0.15, -0.1) is 13.2 Å². The molecule has 2 fully saturated rings. The molecule has 6 rings (SSSR count). The molecule has 4 heterocycles. The second-order valence-electron chi connectivity index (χ2n) is 13.3. The van der Waals surface area contributed by atoms with Crippen LogP contribution in [0.2, 0.25) is 0 Å². The van der Waals surface area contributed by atoms with Crippen molar-refractivity contribution in [2.45, 2.75) is 89.0 Å². The smallest absolute Gasteiger partial charge is 0.410 e. The molecule has 0 bridgehead atoms. The van der Waals surface area contributed by atoms with Crippen LogP contribution in [0, 0.1) is 0 Å². The highest BCUT2D eigenvalue weighted by Crippen LogP contribution is 2.27. The van der Waals surface area contributed by atoms with Gasteiger partial charge in [-0.05, 0) is 35.1 Å². The van der Waals surface area contributed by atoms with Crippen molar-refractivity contribution in [3.05, 3.63) is 96.1 Å². The number of fused-ring (bicyclic) bond motifs is 2. The number of ether oxygens (including phenoxy) is 4. The number of benzene rings is 2. The second kappa shape index (κ2) is 20.7. The summed E-state index contributed by atoms with van der Waals surface area (Å²) < 4.78 is 20.6. The Hall–Kier alpha value is -5.70. The Bertz CT molecular complexity index is 1670. The normalized spacial score (nSPS) is 20.4. The van der Waals surface area contributed by atoms with Gasteiger partial charge >= 0.3 is 30.1 Å². The van der Waals surface area contributed by atoms with Gasteiger partial charge in [-0.25, -0.2) is 14.4 Å². The van der Waals surface area contributed by atoms with Crippen molar-refractivity contribution in [3.8, 4) is 0 Å². The molecule has 2 saturated heterocycles. The third-order valence-electron chi connectivity index (χ3n) is 9.49. The maximum absolute atomic E-state index is 12.5. The van der Waals surface area contributed by atoms with Crippen molar-refractivity contribution >= 4 is 36.0 Å². The van der Waals surface area contributed by atoms with Crippen molar-refractivity contribution in [2.24, 2.45) is 0 Å². The van der Waals surface area contributed by atoms with Gasteiger partial charge in [0, 0.05) is 58.4 Å². The monoisotopic (exact) mass is 762 g/mol. The van der Waals surface area contributed by atoms with E-state index in [1.165, 1.54) is 19.1 Å². The molecule has 0 aromatic heterocycles. The first kappa shape index (κ1) is 42.0. The number of hydrogen-bond donors (Lipinski definition) is 2. The fraction of sp³-hybridized carbons (Fsp3) is 0.450. The number of nitrogens with one attached hydrogen (secondary N) is 1. The molecule has 2 aromatic carbocycles. The maximum Gasteiger partial charge on any atom is 0.410 e. The molecule has 2 aromatic rings. The van der Waals surface area contributed by atoms with Crippen LogP contribution in [0.5, 0.6) is 0 Å². The van der Waals surface area contributed by atoms with Crippen molar-refractivity contribution < 1.29 is 52.8 Å². The highest BCUT2D eigenvalue weighted by atomic mass is 16.6. The van der Waals surface area contributed by atoms with Gasteiger partial charge in [0.25, 0.3) is 0 Å². The lowest BCUT2D eigenvalue weighted by Gasteiger charge is -2.22. The van der Waals surface area contributed by atoms with Crippen LogP contribution in [-0.2, 0) is 64.3 Å². The zero-order valence-corrected chi connectivity index (χ0v) is 31.4. The Labute approximate surface area is 320 Å².